The molecule has 0 amide bonds. The van der Waals surface area contributed by atoms with Crippen LogP contribution in [-0.2, 0) is 0 Å². The van der Waals surface area contributed by atoms with Crippen LogP contribution in [0.15, 0.2) is 30.3 Å². The molecule has 3 aromatic rings. The largest absolute Gasteiger partial charge is 0.368 e. The summed E-state index contributed by atoms with van der Waals surface area (Å²) >= 11 is 0. The van der Waals surface area contributed by atoms with Crippen LogP contribution in [0.4, 0.5) is 11.9 Å². The summed E-state index contributed by atoms with van der Waals surface area (Å²) in [5.41, 5.74) is 6.81. The van der Waals surface area contributed by atoms with E-state index in [2.05, 4.69) is 36.9 Å². The fourth-order valence-corrected chi connectivity index (χ4v) is 2.71. The Balaban J connectivity index is 1.80. The molecule has 8 heteroatoms. The number of likely N-dealkylation sites (N-methyl/N-ethyl adjacent to an activating group) is 1. The fourth-order valence-electron chi connectivity index (χ4n) is 2.71. The van der Waals surface area contributed by atoms with Crippen molar-refractivity contribution in [3.63, 3.8) is 0 Å². The summed E-state index contributed by atoms with van der Waals surface area (Å²) in [4.78, 5) is 17.6. The molecule has 1 fully saturated rings. The standard InChI is InChI=1S/C15H18N8/c1-21-7-9-22(10-8-21)15-19-13(16)18-14-17-12(20-23(14)15)11-5-3-2-4-6-11/h2-6H,7-10H2,1H3,(H2,16,17,18,20). The maximum Gasteiger partial charge on any atom is 0.259 e. The summed E-state index contributed by atoms with van der Waals surface area (Å²) < 4.78 is 1.68. The molecule has 2 N–H and O–H groups in total. The summed E-state index contributed by atoms with van der Waals surface area (Å²) in [5.74, 6) is 2.03. The van der Waals surface area contributed by atoms with Crippen LogP contribution < -0.4 is 10.6 Å². The highest BCUT2D eigenvalue weighted by atomic mass is 15.5. The van der Waals surface area contributed by atoms with Crippen molar-refractivity contribution >= 4 is 17.7 Å². The molecule has 8 nitrogen and oxygen atoms in total. The minimum absolute atomic E-state index is 0.221. The highest BCUT2D eigenvalue weighted by Crippen LogP contribution is 2.20. The molecule has 0 radical (unpaired) electrons. The number of fused-ring (bicyclic) bond motifs is 1. The summed E-state index contributed by atoms with van der Waals surface area (Å²) in [6.45, 7) is 3.71. The van der Waals surface area contributed by atoms with Gasteiger partial charge in [-0.2, -0.15) is 19.5 Å². The van der Waals surface area contributed by atoms with Gasteiger partial charge in [0.2, 0.25) is 11.9 Å². The van der Waals surface area contributed by atoms with Crippen molar-refractivity contribution in [2.45, 2.75) is 0 Å². The number of nitrogen functional groups attached to an aromatic ring is 1. The monoisotopic (exact) mass is 310 g/mol. The Morgan fingerprint density at radius 3 is 2.43 bits per heavy atom. The lowest BCUT2D eigenvalue weighted by Crippen LogP contribution is -2.45. The number of rotatable bonds is 2. The quantitative estimate of drug-likeness (QED) is 0.738. The molecule has 0 saturated carbocycles. The van der Waals surface area contributed by atoms with Crippen LogP contribution in [0.25, 0.3) is 17.2 Å². The maximum atomic E-state index is 5.87. The Morgan fingerprint density at radius 1 is 0.957 bits per heavy atom. The zero-order valence-corrected chi connectivity index (χ0v) is 12.9. The smallest absolute Gasteiger partial charge is 0.259 e. The lowest BCUT2D eigenvalue weighted by atomic mass is 10.2. The molecule has 0 bridgehead atoms. The number of aromatic nitrogens is 5. The SMILES string of the molecule is CN1CCN(c2nc(N)nc3nc(-c4ccccc4)nn23)CC1. The Labute approximate surface area is 133 Å². The van der Waals surface area contributed by atoms with Gasteiger partial charge in [0.15, 0.2) is 5.82 Å². The van der Waals surface area contributed by atoms with E-state index in [1.807, 2.05) is 30.3 Å². The lowest BCUT2D eigenvalue weighted by Gasteiger charge is -2.32. The molecule has 0 spiro atoms. The second-order valence-electron chi connectivity index (χ2n) is 5.69. The fraction of sp³-hybridized carbons (Fsp3) is 0.333. The highest BCUT2D eigenvalue weighted by Gasteiger charge is 2.21. The van der Waals surface area contributed by atoms with E-state index in [4.69, 9.17) is 5.73 Å². The first kappa shape index (κ1) is 13.9. The van der Waals surface area contributed by atoms with Gasteiger partial charge in [0.25, 0.3) is 5.78 Å². The van der Waals surface area contributed by atoms with Crippen LogP contribution in [0.2, 0.25) is 0 Å². The van der Waals surface area contributed by atoms with Gasteiger partial charge in [-0.1, -0.05) is 30.3 Å². The van der Waals surface area contributed by atoms with Gasteiger partial charge in [-0.15, -0.1) is 5.10 Å². The molecular formula is C15H18N8. The molecule has 2 aromatic heterocycles. The topological polar surface area (TPSA) is 88.5 Å². The Hall–Kier alpha value is -2.74. The second kappa shape index (κ2) is 5.47. The Morgan fingerprint density at radius 2 is 1.70 bits per heavy atom. The molecule has 1 saturated heterocycles. The van der Waals surface area contributed by atoms with E-state index in [1.165, 1.54) is 0 Å². The zero-order chi connectivity index (χ0) is 15.8. The van der Waals surface area contributed by atoms with Crippen molar-refractivity contribution in [1.82, 2.24) is 29.5 Å². The first-order valence-corrected chi connectivity index (χ1v) is 7.60. The molecule has 0 unspecified atom stereocenters. The number of anilines is 2. The molecule has 4 rings (SSSR count). The van der Waals surface area contributed by atoms with Crippen LogP contribution in [0.1, 0.15) is 0 Å². The predicted octanol–water partition coefficient (Wildman–Crippen LogP) is 0.520. The molecule has 23 heavy (non-hydrogen) atoms. The minimum atomic E-state index is 0.221. The van der Waals surface area contributed by atoms with Crippen LogP contribution in [0, 0.1) is 0 Å². The number of nitrogens with two attached hydrogens (primary N) is 1. The minimum Gasteiger partial charge on any atom is -0.368 e. The molecule has 118 valence electrons. The molecule has 1 aliphatic heterocycles. The van der Waals surface area contributed by atoms with Crippen molar-refractivity contribution < 1.29 is 0 Å². The van der Waals surface area contributed by atoms with Gasteiger partial charge in [0.05, 0.1) is 0 Å². The second-order valence-corrected chi connectivity index (χ2v) is 5.69. The third-order valence-electron chi connectivity index (χ3n) is 4.03. The summed E-state index contributed by atoms with van der Waals surface area (Å²) in [7, 11) is 2.12. The van der Waals surface area contributed by atoms with Crippen LogP contribution in [0.5, 0.6) is 0 Å². The number of piperazine rings is 1. The Kier molecular flexibility index (Phi) is 3.30. The summed E-state index contributed by atoms with van der Waals surface area (Å²) in [6.07, 6.45) is 0. The van der Waals surface area contributed by atoms with Crippen LogP contribution in [-0.4, -0.2) is 62.7 Å². The van der Waals surface area contributed by atoms with Gasteiger partial charge in [-0.3, -0.25) is 0 Å². The summed E-state index contributed by atoms with van der Waals surface area (Å²) in [6, 6.07) is 9.83. The van der Waals surface area contributed by atoms with E-state index < -0.39 is 0 Å². The van der Waals surface area contributed by atoms with Gasteiger partial charge in [-0.05, 0) is 7.05 Å². The van der Waals surface area contributed by atoms with Gasteiger partial charge >= 0.3 is 0 Å². The van der Waals surface area contributed by atoms with Gasteiger partial charge in [-0.25, -0.2) is 0 Å². The van der Waals surface area contributed by atoms with Crippen molar-refractivity contribution in [1.29, 1.82) is 0 Å². The van der Waals surface area contributed by atoms with Crippen LogP contribution in [0.3, 0.4) is 0 Å². The zero-order valence-electron chi connectivity index (χ0n) is 12.9. The molecule has 0 atom stereocenters. The van der Waals surface area contributed by atoms with Crippen molar-refractivity contribution in [2.75, 3.05) is 43.9 Å². The first-order valence-electron chi connectivity index (χ1n) is 7.60. The predicted molar refractivity (Wildman–Crippen MR) is 88.1 cm³/mol. The van der Waals surface area contributed by atoms with E-state index >= 15 is 0 Å². The lowest BCUT2D eigenvalue weighted by molar-refractivity contribution is 0.310. The van der Waals surface area contributed by atoms with E-state index in [0.29, 0.717) is 17.6 Å². The summed E-state index contributed by atoms with van der Waals surface area (Å²) in [5, 5.41) is 4.59. The molecule has 0 aliphatic carbocycles. The molecule has 1 aliphatic rings. The third-order valence-corrected chi connectivity index (χ3v) is 4.03. The van der Waals surface area contributed by atoms with E-state index in [0.717, 1.165) is 31.7 Å². The molecule has 3 heterocycles. The average molecular weight is 310 g/mol. The van der Waals surface area contributed by atoms with Gasteiger partial charge in [0.1, 0.15) is 0 Å². The van der Waals surface area contributed by atoms with Gasteiger partial charge in [0, 0.05) is 31.7 Å². The third kappa shape index (κ3) is 2.57. The van der Waals surface area contributed by atoms with E-state index in [1.54, 1.807) is 4.52 Å². The maximum absolute atomic E-state index is 5.87. The number of benzene rings is 1. The first-order chi connectivity index (χ1) is 11.2. The Bertz CT molecular complexity index is 820. The van der Waals surface area contributed by atoms with Crippen molar-refractivity contribution in [2.24, 2.45) is 0 Å². The average Bonchev–Trinajstić information content (AvgIpc) is 2.99. The molecule has 1 aromatic carbocycles. The van der Waals surface area contributed by atoms with Gasteiger partial charge < -0.3 is 15.5 Å². The van der Waals surface area contributed by atoms with Crippen molar-refractivity contribution in [3.05, 3.63) is 30.3 Å². The van der Waals surface area contributed by atoms with Crippen LogP contribution >= 0.6 is 0 Å². The number of hydrogen-bond donors (Lipinski definition) is 1. The van der Waals surface area contributed by atoms with Crippen molar-refractivity contribution in [3.8, 4) is 11.4 Å². The van der Waals surface area contributed by atoms with E-state index in [9.17, 15) is 0 Å². The number of hydrogen-bond acceptors (Lipinski definition) is 7. The normalized spacial score (nSPS) is 16.1. The highest BCUT2D eigenvalue weighted by molar-refractivity contribution is 5.58. The number of nitrogens with zero attached hydrogens (tertiary/aromatic N) is 7. The van der Waals surface area contributed by atoms with E-state index in [-0.39, 0.29) is 5.95 Å². The molecular weight excluding hydrogens is 292 g/mol.